The molecule has 1 aromatic heterocycles. The molecule has 0 unspecified atom stereocenters. The molecule has 0 aliphatic carbocycles. The van der Waals surface area contributed by atoms with Gasteiger partial charge >= 0.3 is 0 Å². The Morgan fingerprint density at radius 1 is 1.06 bits per heavy atom. The van der Waals surface area contributed by atoms with Gasteiger partial charge in [-0.05, 0) is 23.6 Å². The number of nitrogens with zero attached hydrogens (tertiary/aromatic N) is 2. The number of aromatic nitrogens is 2. The van der Waals surface area contributed by atoms with Gasteiger partial charge in [-0.3, -0.25) is 4.68 Å². The lowest BCUT2D eigenvalue weighted by molar-refractivity contribution is 0.626. The summed E-state index contributed by atoms with van der Waals surface area (Å²) in [5.41, 5.74) is 3.92. The first kappa shape index (κ1) is 11.9. The molecule has 0 saturated heterocycles. The average Bonchev–Trinajstić information content (AvgIpc) is 2.76. The third-order valence-electron chi connectivity index (χ3n) is 2.99. The smallest absolute Gasteiger partial charge is 0.0518 e. The summed E-state index contributed by atoms with van der Waals surface area (Å²) in [7, 11) is 1.97. The summed E-state index contributed by atoms with van der Waals surface area (Å²) in [6.45, 7) is 3.93. The molecule has 1 aromatic carbocycles. The van der Waals surface area contributed by atoms with E-state index in [1.165, 1.54) is 16.8 Å². The Bertz CT molecular complexity index is 457. The molecule has 17 heavy (non-hydrogen) atoms. The van der Waals surface area contributed by atoms with Crippen LogP contribution in [0.1, 0.15) is 23.7 Å². The van der Waals surface area contributed by atoms with Crippen molar-refractivity contribution in [1.82, 2.24) is 15.1 Å². The number of hydrogen-bond acceptors (Lipinski definition) is 2. The quantitative estimate of drug-likeness (QED) is 0.852. The maximum absolute atomic E-state index is 4.14. The van der Waals surface area contributed by atoms with Gasteiger partial charge in [-0.15, -0.1) is 0 Å². The lowest BCUT2D eigenvalue weighted by Gasteiger charge is -2.06. The summed E-state index contributed by atoms with van der Waals surface area (Å²) in [5.74, 6) is 0. The van der Waals surface area contributed by atoms with E-state index in [0.29, 0.717) is 0 Å². The molecular formula is C14H19N3. The molecule has 0 aliphatic rings. The van der Waals surface area contributed by atoms with Gasteiger partial charge in [0, 0.05) is 26.3 Å². The van der Waals surface area contributed by atoms with Crippen LogP contribution in [0.15, 0.2) is 36.5 Å². The van der Waals surface area contributed by atoms with Gasteiger partial charge < -0.3 is 5.32 Å². The minimum atomic E-state index is 0.853. The van der Waals surface area contributed by atoms with Gasteiger partial charge in [-0.25, -0.2) is 0 Å². The van der Waals surface area contributed by atoms with Crippen molar-refractivity contribution in [3.63, 3.8) is 0 Å². The van der Waals surface area contributed by atoms with Gasteiger partial charge in [-0.2, -0.15) is 5.10 Å². The topological polar surface area (TPSA) is 29.9 Å². The first-order chi connectivity index (χ1) is 8.29. The van der Waals surface area contributed by atoms with Crippen LogP contribution < -0.4 is 5.32 Å². The summed E-state index contributed by atoms with van der Waals surface area (Å²) < 4.78 is 1.90. The van der Waals surface area contributed by atoms with Crippen LogP contribution in [-0.4, -0.2) is 9.78 Å². The zero-order valence-corrected chi connectivity index (χ0v) is 10.5. The molecule has 0 bridgehead atoms. The molecule has 90 valence electrons. The van der Waals surface area contributed by atoms with E-state index in [9.17, 15) is 0 Å². The van der Waals surface area contributed by atoms with Crippen molar-refractivity contribution in [2.75, 3.05) is 0 Å². The Morgan fingerprint density at radius 3 is 2.35 bits per heavy atom. The zero-order valence-electron chi connectivity index (χ0n) is 10.5. The fourth-order valence-electron chi connectivity index (χ4n) is 1.80. The van der Waals surface area contributed by atoms with Gasteiger partial charge in [0.05, 0.1) is 5.69 Å². The number of nitrogens with one attached hydrogen (secondary N) is 1. The zero-order chi connectivity index (χ0) is 12.1. The molecular weight excluding hydrogens is 210 g/mol. The molecule has 2 rings (SSSR count). The van der Waals surface area contributed by atoms with Crippen LogP contribution >= 0.6 is 0 Å². The van der Waals surface area contributed by atoms with E-state index >= 15 is 0 Å². The molecule has 3 nitrogen and oxygen atoms in total. The van der Waals surface area contributed by atoms with Gasteiger partial charge in [-0.1, -0.05) is 31.2 Å². The third kappa shape index (κ3) is 3.17. The molecule has 0 spiro atoms. The molecule has 3 heteroatoms. The van der Waals surface area contributed by atoms with Crippen LogP contribution in [-0.2, 0) is 26.6 Å². The van der Waals surface area contributed by atoms with Crippen LogP contribution in [0.5, 0.6) is 0 Å². The highest BCUT2D eigenvalue weighted by Crippen LogP contribution is 2.05. The third-order valence-corrected chi connectivity index (χ3v) is 2.99. The average molecular weight is 229 g/mol. The summed E-state index contributed by atoms with van der Waals surface area (Å²) in [6, 6.07) is 10.8. The van der Waals surface area contributed by atoms with Crippen molar-refractivity contribution < 1.29 is 0 Å². The normalized spacial score (nSPS) is 10.7. The highest BCUT2D eigenvalue weighted by Gasteiger charge is 1.98. The van der Waals surface area contributed by atoms with E-state index in [2.05, 4.69) is 41.6 Å². The van der Waals surface area contributed by atoms with Gasteiger partial charge in [0.2, 0.25) is 0 Å². The Balaban J connectivity index is 1.83. The number of aryl methyl sites for hydroxylation is 2. The largest absolute Gasteiger partial charge is 0.307 e. The molecule has 0 fully saturated rings. The van der Waals surface area contributed by atoms with Crippen molar-refractivity contribution in [1.29, 1.82) is 0 Å². The SMILES string of the molecule is CCc1ccc(CNCc2ccnn2C)cc1. The first-order valence-corrected chi connectivity index (χ1v) is 6.05. The Hall–Kier alpha value is -1.61. The van der Waals surface area contributed by atoms with Crippen molar-refractivity contribution in [2.24, 2.45) is 7.05 Å². The molecule has 1 heterocycles. The van der Waals surface area contributed by atoms with E-state index < -0.39 is 0 Å². The minimum absolute atomic E-state index is 0.853. The second-order valence-corrected chi connectivity index (χ2v) is 4.22. The lowest BCUT2D eigenvalue weighted by Crippen LogP contribution is -2.15. The van der Waals surface area contributed by atoms with Gasteiger partial charge in [0.25, 0.3) is 0 Å². The molecule has 2 aromatic rings. The Morgan fingerprint density at radius 2 is 1.76 bits per heavy atom. The lowest BCUT2D eigenvalue weighted by atomic mass is 10.1. The molecule has 1 N–H and O–H groups in total. The van der Waals surface area contributed by atoms with Crippen LogP contribution in [0, 0.1) is 0 Å². The van der Waals surface area contributed by atoms with Gasteiger partial charge in [0.1, 0.15) is 0 Å². The summed E-state index contributed by atoms with van der Waals surface area (Å²) in [4.78, 5) is 0. The summed E-state index contributed by atoms with van der Waals surface area (Å²) in [5, 5.41) is 7.56. The summed E-state index contributed by atoms with van der Waals surface area (Å²) >= 11 is 0. The minimum Gasteiger partial charge on any atom is -0.307 e. The highest BCUT2D eigenvalue weighted by atomic mass is 15.3. The molecule has 0 saturated carbocycles. The van der Waals surface area contributed by atoms with Crippen molar-refractivity contribution in [2.45, 2.75) is 26.4 Å². The number of rotatable bonds is 5. The monoisotopic (exact) mass is 229 g/mol. The fourth-order valence-corrected chi connectivity index (χ4v) is 1.80. The standard InChI is InChI=1S/C14H19N3/c1-3-12-4-6-13(7-5-12)10-15-11-14-8-9-16-17(14)2/h4-9,15H,3,10-11H2,1-2H3. The predicted molar refractivity (Wildman–Crippen MR) is 69.6 cm³/mol. The maximum Gasteiger partial charge on any atom is 0.0518 e. The molecule has 0 amide bonds. The number of benzene rings is 1. The van der Waals surface area contributed by atoms with Crippen LogP contribution in [0.4, 0.5) is 0 Å². The van der Waals surface area contributed by atoms with E-state index in [0.717, 1.165) is 19.5 Å². The van der Waals surface area contributed by atoms with Crippen molar-refractivity contribution >= 4 is 0 Å². The Labute approximate surface area is 102 Å². The molecule has 0 radical (unpaired) electrons. The molecule has 0 aliphatic heterocycles. The van der Waals surface area contributed by atoms with E-state index in [1.807, 2.05) is 24.0 Å². The second kappa shape index (κ2) is 5.64. The van der Waals surface area contributed by atoms with Crippen LogP contribution in [0.3, 0.4) is 0 Å². The molecule has 0 atom stereocenters. The van der Waals surface area contributed by atoms with E-state index in [-0.39, 0.29) is 0 Å². The highest BCUT2D eigenvalue weighted by molar-refractivity contribution is 5.22. The summed E-state index contributed by atoms with van der Waals surface area (Å²) in [6.07, 6.45) is 2.93. The second-order valence-electron chi connectivity index (χ2n) is 4.22. The maximum atomic E-state index is 4.14. The van der Waals surface area contributed by atoms with E-state index in [4.69, 9.17) is 0 Å². The number of hydrogen-bond donors (Lipinski definition) is 1. The van der Waals surface area contributed by atoms with Crippen LogP contribution in [0.25, 0.3) is 0 Å². The van der Waals surface area contributed by atoms with Crippen molar-refractivity contribution in [3.8, 4) is 0 Å². The first-order valence-electron chi connectivity index (χ1n) is 6.05. The van der Waals surface area contributed by atoms with Crippen molar-refractivity contribution in [3.05, 3.63) is 53.3 Å². The fraction of sp³-hybridized carbons (Fsp3) is 0.357. The van der Waals surface area contributed by atoms with Gasteiger partial charge in [0.15, 0.2) is 0 Å². The van der Waals surface area contributed by atoms with E-state index in [1.54, 1.807) is 0 Å². The predicted octanol–water partition coefficient (Wildman–Crippen LogP) is 2.27. The van der Waals surface area contributed by atoms with Crippen LogP contribution in [0.2, 0.25) is 0 Å². The Kier molecular flexibility index (Phi) is 3.94.